The summed E-state index contributed by atoms with van der Waals surface area (Å²) >= 11 is 0. The van der Waals surface area contributed by atoms with E-state index in [4.69, 9.17) is 9.47 Å². The van der Waals surface area contributed by atoms with Gasteiger partial charge >= 0.3 is 0 Å². The lowest BCUT2D eigenvalue weighted by Gasteiger charge is -2.48. The number of methoxy groups -OCH3 is 1. The first-order valence-electron chi connectivity index (χ1n) is 9.02. The molecule has 0 amide bonds. The highest BCUT2D eigenvalue weighted by molar-refractivity contribution is 5.81. The number of aromatic nitrogens is 1. The first-order valence-corrected chi connectivity index (χ1v) is 9.02. The van der Waals surface area contributed by atoms with E-state index in [1.54, 1.807) is 0 Å². The van der Waals surface area contributed by atoms with Gasteiger partial charge in [0.2, 0.25) is 0 Å². The van der Waals surface area contributed by atoms with Crippen molar-refractivity contribution in [1.29, 1.82) is 0 Å². The molecule has 128 valence electrons. The fourth-order valence-electron chi connectivity index (χ4n) is 4.32. The molecule has 2 saturated heterocycles. The maximum Gasteiger partial charge on any atom is 0.0967 e. The highest BCUT2D eigenvalue weighted by Gasteiger charge is 2.44. The highest BCUT2D eigenvalue weighted by atomic mass is 16.5. The number of nitrogens with zero attached hydrogens (tertiary/aromatic N) is 2. The van der Waals surface area contributed by atoms with Crippen LogP contribution in [0, 0.1) is 0 Å². The van der Waals surface area contributed by atoms with E-state index in [-0.39, 0.29) is 11.7 Å². The Morgan fingerprint density at radius 3 is 2.92 bits per heavy atom. The normalized spacial score (nSPS) is 24.5. The fourth-order valence-corrected chi connectivity index (χ4v) is 4.32. The summed E-state index contributed by atoms with van der Waals surface area (Å²) in [6.45, 7) is 4.00. The summed E-state index contributed by atoms with van der Waals surface area (Å²) in [5.74, 6) is 0. The van der Waals surface area contributed by atoms with E-state index >= 15 is 0 Å². The molecule has 0 N–H and O–H groups in total. The molecule has 0 radical (unpaired) electrons. The average Bonchev–Trinajstić information content (AvgIpc) is 2.64. The van der Waals surface area contributed by atoms with Gasteiger partial charge in [0.15, 0.2) is 0 Å². The summed E-state index contributed by atoms with van der Waals surface area (Å²) in [5.41, 5.74) is 2.40. The smallest absolute Gasteiger partial charge is 0.0967 e. The molecule has 2 fully saturated rings. The Labute approximate surface area is 143 Å². The van der Waals surface area contributed by atoms with Crippen molar-refractivity contribution >= 4 is 10.9 Å². The van der Waals surface area contributed by atoms with Crippen LogP contribution < -0.4 is 0 Å². The minimum Gasteiger partial charge on any atom is -0.378 e. The summed E-state index contributed by atoms with van der Waals surface area (Å²) in [6, 6.07) is 10.6. The predicted octanol–water partition coefficient (Wildman–Crippen LogP) is 3.39. The van der Waals surface area contributed by atoms with Crippen molar-refractivity contribution in [2.45, 2.75) is 43.9 Å². The van der Waals surface area contributed by atoms with Crippen molar-refractivity contribution in [3.05, 3.63) is 42.1 Å². The Morgan fingerprint density at radius 1 is 1.25 bits per heavy atom. The Balaban J connectivity index is 1.46. The summed E-state index contributed by atoms with van der Waals surface area (Å²) in [6.07, 6.45) is 6.56. The predicted molar refractivity (Wildman–Crippen MR) is 95.0 cm³/mol. The van der Waals surface area contributed by atoms with E-state index in [2.05, 4.69) is 40.2 Å². The number of pyridine rings is 1. The molecule has 0 unspecified atom stereocenters. The molecule has 0 bridgehead atoms. The Morgan fingerprint density at radius 2 is 2.08 bits per heavy atom. The lowest BCUT2D eigenvalue weighted by Crippen LogP contribution is -2.55. The fraction of sp³-hybridized carbons (Fsp3) is 0.550. The molecule has 4 heteroatoms. The summed E-state index contributed by atoms with van der Waals surface area (Å²) in [7, 11) is 1.83. The third kappa shape index (κ3) is 2.94. The Hall–Kier alpha value is -1.49. The third-order valence-electron chi connectivity index (χ3n) is 5.71. The van der Waals surface area contributed by atoms with E-state index in [0.29, 0.717) is 0 Å². The first kappa shape index (κ1) is 16.0. The summed E-state index contributed by atoms with van der Waals surface area (Å²) in [4.78, 5) is 7.01. The zero-order valence-electron chi connectivity index (χ0n) is 14.4. The van der Waals surface area contributed by atoms with Crippen molar-refractivity contribution in [3.63, 3.8) is 0 Å². The van der Waals surface area contributed by atoms with Gasteiger partial charge in [-0.2, -0.15) is 0 Å². The molecule has 0 saturated carbocycles. The molecule has 1 atom stereocenters. The van der Waals surface area contributed by atoms with Gasteiger partial charge in [0.05, 0.1) is 17.2 Å². The van der Waals surface area contributed by atoms with Crippen LogP contribution in [0.5, 0.6) is 0 Å². The molecule has 2 aliphatic heterocycles. The molecule has 2 aliphatic rings. The van der Waals surface area contributed by atoms with Crippen molar-refractivity contribution in [1.82, 2.24) is 9.88 Å². The topological polar surface area (TPSA) is 34.6 Å². The van der Waals surface area contributed by atoms with Gasteiger partial charge in [0.25, 0.3) is 0 Å². The van der Waals surface area contributed by atoms with Gasteiger partial charge in [0.1, 0.15) is 0 Å². The zero-order chi connectivity index (χ0) is 16.4. The molecule has 1 aromatic carbocycles. The van der Waals surface area contributed by atoms with Gasteiger partial charge < -0.3 is 9.47 Å². The maximum absolute atomic E-state index is 6.22. The van der Waals surface area contributed by atoms with Crippen LogP contribution in [-0.4, -0.2) is 48.4 Å². The molecular formula is C20H26N2O2. The molecule has 3 heterocycles. The number of ether oxygens (including phenoxy) is 2. The number of para-hydroxylation sites is 1. The van der Waals surface area contributed by atoms with E-state index in [0.717, 1.165) is 57.4 Å². The van der Waals surface area contributed by atoms with Crippen LogP contribution in [0.1, 0.15) is 31.2 Å². The van der Waals surface area contributed by atoms with Gasteiger partial charge in [-0.25, -0.2) is 0 Å². The van der Waals surface area contributed by atoms with Crippen LogP contribution >= 0.6 is 0 Å². The monoisotopic (exact) mass is 326 g/mol. The first-order chi connectivity index (χ1) is 11.8. The van der Waals surface area contributed by atoms with Crippen molar-refractivity contribution in [2.24, 2.45) is 0 Å². The van der Waals surface area contributed by atoms with Crippen LogP contribution in [-0.2, 0) is 16.0 Å². The van der Waals surface area contributed by atoms with Crippen LogP contribution in [0.2, 0.25) is 0 Å². The second-order valence-corrected chi connectivity index (χ2v) is 7.04. The molecular weight excluding hydrogens is 300 g/mol. The van der Waals surface area contributed by atoms with Crippen molar-refractivity contribution < 1.29 is 9.47 Å². The third-order valence-corrected chi connectivity index (χ3v) is 5.71. The summed E-state index contributed by atoms with van der Waals surface area (Å²) in [5, 5.41) is 1.27. The highest BCUT2D eigenvalue weighted by Crippen LogP contribution is 2.37. The molecule has 4 nitrogen and oxygen atoms in total. The Kier molecular flexibility index (Phi) is 4.53. The zero-order valence-corrected chi connectivity index (χ0v) is 14.4. The molecule has 24 heavy (non-hydrogen) atoms. The van der Waals surface area contributed by atoms with Crippen LogP contribution in [0.15, 0.2) is 36.5 Å². The van der Waals surface area contributed by atoms with Crippen molar-refractivity contribution in [3.8, 4) is 0 Å². The van der Waals surface area contributed by atoms with E-state index in [1.807, 2.05) is 13.3 Å². The minimum absolute atomic E-state index is 0.0518. The second-order valence-electron chi connectivity index (χ2n) is 7.04. The molecule has 4 rings (SSSR count). The largest absolute Gasteiger partial charge is 0.378 e. The number of hydrogen-bond donors (Lipinski definition) is 0. The van der Waals surface area contributed by atoms with Crippen LogP contribution in [0.3, 0.4) is 0 Å². The van der Waals surface area contributed by atoms with Gasteiger partial charge in [-0.05, 0) is 43.4 Å². The molecule has 0 aliphatic carbocycles. The van der Waals surface area contributed by atoms with Gasteiger partial charge in [-0.3, -0.25) is 9.88 Å². The number of hydrogen-bond acceptors (Lipinski definition) is 4. The van der Waals surface area contributed by atoms with Gasteiger partial charge in [-0.1, -0.05) is 18.2 Å². The number of likely N-dealkylation sites (tertiary alicyclic amines) is 1. The number of piperidine rings is 1. The van der Waals surface area contributed by atoms with Crippen LogP contribution in [0.25, 0.3) is 10.9 Å². The lowest BCUT2D eigenvalue weighted by atomic mass is 9.81. The number of rotatable bonds is 3. The molecule has 1 aromatic heterocycles. The standard InChI is InChI=1S/C20H26N2O2/c1-23-19-7-4-14-24-20(19)9-12-22(13-10-20)15-16-8-11-21-18-6-3-2-5-17(16)18/h2-3,5-6,8,11,19H,4,7,9-10,12-15H2,1H3/t19-/m1/s1. The Bertz CT molecular complexity index is 690. The van der Waals surface area contributed by atoms with Crippen molar-refractivity contribution in [2.75, 3.05) is 26.8 Å². The van der Waals surface area contributed by atoms with E-state index in [1.165, 1.54) is 10.9 Å². The molecule has 2 aromatic rings. The summed E-state index contributed by atoms with van der Waals surface area (Å²) < 4.78 is 12.0. The minimum atomic E-state index is -0.0518. The lowest BCUT2D eigenvalue weighted by molar-refractivity contribution is -0.186. The van der Waals surface area contributed by atoms with Gasteiger partial charge in [0, 0.05) is 44.9 Å². The average molecular weight is 326 g/mol. The number of fused-ring (bicyclic) bond motifs is 1. The second kappa shape index (κ2) is 6.79. The van der Waals surface area contributed by atoms with Gasteiger partial charge in [-0.15, -0.1) is 0 Å². The SMILES string of the molecule is CO[C@@H]1CCCOC12CCN(Cc1ccnc3ccccc13)CC2. The maximum atomic E-state index is 6.22. The quantitative estimate of drug-likeness (QED) is 0.866. The van der Waals surface area contributed by atoms with E-state index in [9.17, 15) is 0 Å². The van der Waals surface area contributed by atoms with Crippen LogP contribution in [0.4, 0.5) is 0 Å². The number of benzene rings is 1. The van der Waals surface area contributed by atoms with E-state index < -0.39 is 0 Å². The molecule has 1 spiro atoms.